The Morgan fingerprint density at radius 1 is 1.50 bits per heavy atom. The summed E-state index contributed by atoms with van der Waals surface area (Å²) in [5.74, 6) is -3.81. The van der Waals surface area contributed by atoms with Gasteiger partial charge >= 0.3 is 18.1 Å². The number of hydrogen-bond acceptors (Lipinski definition) is 2. The molecule has 1 unspecified atom stereocenters. The van der Waals surface area contributed by atoms with Crippen LogP contribution in [0.1, 0.15) is 6.42 Å². The Labute approximate surface area is 77.4 Å². The smallest absolute Gasteiger partial charge is 0.471 e. The molecule has 0 aromatic rings. The SMILES string of the molecule is C=CCC(NC(=O)C(F)(F)F)C(=O)O. The van der Waals surface area contributed by atoms with Gasteiger partial charge in [-0.1, -0.05) is 6.08 Å². The van der Waals surface area contributed by atoms with Gasteiger partial charge in [0.15, 0.2) is 0 Å². The lowest BCUT2D eigenvalue weighted by Crippen LogP contribution is -2.46. The fraction of sp³-hybridized carbons (Fsp3) is 0.429. The van der Waals surface area contributed by atoms with E-state index in [1.54, 1.807) is 0 Å². The standard InChI is InChI=1S/C7H8F3NO3/c1-2-3-4(5(12)13)11-6(14)7(8,9)10/h2,4H,1,3H2,(H,11,14)(H,12,13). The Hall–Kier alpha value is -1.53. The highest BCUT2D eigenvalue weighted by molar-refractivity contribution is 5.86. The van der Waals surface area contributed by atoms with Crippen LogP contribution in [0.5, 0.6) is 0 Å². The molecule has 0 aliphatic heterocycles. The number of carboxylic acids is 1. The molecule has 7 heteroatoms. The molecule has 4 nitrogen and oxygen atoms in total. The molecule has 0 aliphatic rings. The summed E-state index contributed by atoms with van der Waals surface area (Å²) in [5, 5.41) is 9.71. The van der Waals surface area contributed by atoms with Gasteiger partial charge in [0.25, 0.3) is 0 Å². The summed E-state index contributed by atoms with van der Waals surface area (Å²) in [5.41, 5.74) is 0. The van der Waals surface area contributed by atoms with Gasteiger partial charge in [-0.15, -0.1) is 6.58 Å². The van der Waals surface area contributed by atoms with Gasteiger partial charge in [-0.3, -0.25) is 4.79 Å². The van der Waals surface area contributed by atoms with E-state index in [2.05, 4.69) is 6.58 Å². The number of carbonyl (C=O) groups excluding carboxylic acids is 1. The molecule has 0 saturated heterocycles. The van der Waals surface area contributed by atoms with Crippen LogP contribution in [-0.4, -0.2) is 29.2 Å². The van der Waals surface area contributed by atoms with Crippen LogP contribution in [0.15, 0.2) is 12.7 Å². The minimum atomic E-state index is -5.07. The average Bonchev–Trinajstić information content (AvgIpc) is 2.01. The Bertz CT molecular complexity index is 249. The zero-order chi connectivity index (χ0) is 11.4. The van der Waals surface area contributed by atoms with E-state index < -0.39 is 24.1 Å². The summed E-state index contributed by atoms with van der Waals surface area (Å²) in [4.78, 5) is 20.6. The van der Waals surface area contributed by atoms with Crippen LogP contribution in [0.2, 0.25) is 0 Å². The molecule has 0 bridgehead atoms. The number of carbonyl (C=O) groups is 2. The van der Waals surface area contributed by atoms with Crippen molar-refractivity contribution in [2.24, 2.45) is 0 Å². The molecule has 0 saturated carbocycles. The van der Waals surface area contributed by atoms with E-state index >= 15 is 0 Å². The summed E-state index contributed by atoms with van der Waals surface area (Å²) in [6.07, 6.45) is -4.23. The van der Waals surface area contributed by atoms with E-state index in [0.29, 0.717) is 0 Å². The molecule has 1 amide bonds. The van der Waals surface area contributed by atoms with Crippen LogP contribution >= 0.6 is 0 Å². The Balaban J connectivity index is 4.38. The topological polar surface area (TPSA) is 66.4 Å². The predicted molar refractivity (Wildman–Crippen MR) is 40.4 cm³/mol. The van der Waals surface area contributed by atoms with Crippen molar-refractivity contribution in [3.05, 3.63) is 12.7 Å². The van der Waals surface area contributed by atoms with E-state index in [0.717, 1.165) is 6.08 Å². The quantitative estimate of drug-likeness (QED) is 0.672. The van der Waals surface area contributed by atoms with E-state index in [1.165, 1.54) is 5.32 Å². The van der Waals surface area contributed by atoms with Crippen molar-refractivity contribution in [1.82, 2.24) is 5.32 Å². The van der Waals surface area contributed by atoms with Gasteiger partial charge in [-0.05, 0) is 6.42 Å². The highest BCUT2D eigenvalue weighted by Crippen LogP contribution is 2.14. The third-order valence-electron chi connectivity index (χ3n) is 1.26. The summed E-state index contributed by atoms with van der Waals surface area (Å²) < 4.78 is 35.0. The van der Waals surface area contributed by atoms with Crippen LogP contribution in [0.4, 0.5) is 13.2 Å². The Morgan fingerprint density at radius 3 is 2.29 bits per heavy atom. The van der Waals surface area contributed by atoms with Crippen LogP contribution in [0, 0.1) is 0 Å². The molecule has 0 radical (unpaired) electrons. The third kappa shape index (κ3) is 3.92. The lowest BCUT2D eigenvalue weighted by molar-refractivity contribution is -0.175. The van der Waals surface area contributed by atoms with Crippen molar-refractivity contribution >= 4 is 11.9 Å². The van der Waals surface area contributed by atoms with E-state index in [1.807, 2.05) is 0 Å². The van der Waals surface area contributed by atoms with Crippen molar-refractivity contribution in [2.75, 3.05) is 0 Å². The average molecular weight is 211 g/mol. The number of hydrogen-bond donors (Lipinski definition) is 2. The first-order valence-electron chi connectivity index (χ1n) is 3.50. The minimum absolute atomic E-state index is 0.267. The summed E-state index contributed by atoms with van der Waals surface area (Å²) in [7, 11) is 0. The van der Waals surface area contributed by atoms with E-state index in [4.69, 9.17) is 5.11 Å². The predicted octanol–water partition coefficient (Wildman–Crippen LogP) is 0.694. The van der Waals surface area contributed by atoms with E-state index in [9.17, 15) is 22.8 Å². The van der Waals surface area contributed by atoms with Crippen molar-refractivity contribution in [3.8, 4) is 0 Å². The van der Waals surface area contributed by atoms with Gasteiger partial charge < -0.3 is 10.4 Å². The van der Waals surface area contributed by atoms with E-state index in [-0.39, 0.29) is 6.42 Å². The fourth-order valence-corrected chi connectivity index (χ4v) is 0.628. The second-order valence-corrected chi connectivity index (χ2v) is 2.39. The highest BCUT2D eigenvalue weighted by Gasteiger charge is 2.40. The van der Waals surface area contributed by atoms with Gasteiger partial charge in [-0.25, -0.2) is 4.79 Å². The molecule has 0 heterocycles. The number of nitrogens with one attached hydrogen (secondary N) is 1. The zero-order valence-electron chi connectivity index (χ0n) is 6.97. The molecule has 0 aromatic heterocycles. The lowest BCUT2D eigenvalue weighted by atomic mass is 10.2. The number of rotatable bonds is 4. The number of aliphatic carboxylic acids is 1. The van der Waals surface area contributed by atoms with Gasteiger partial charge in [0.05, 0.1) is 0 Å². The maximum atomic E-state index is 11.7. The van der Waals surface area contributed by atoms with Gasteiger partial charge in [0.2, 0.25) is 0 Å². The monoisotopic (exact) mass is 211 g/mol. The summed E-state index contributed by atoms with van der Waals surface area (Å²) in [6, 6.07) is -1.60. The molecule has 0 aliphatic carbocycles. The van der Waals surface area contributed by atoms with Gasteiger partial charge in [0, 0.05) is 0 Å². The van der Waals surface area contributed by atoms with Crippen molar-refractivity contribution in [2.45, 2.75) is 18.6 Å². The third-order valence-corrected chi connectivity index (χ3v) is 1.26. The Morgan fingerprint density at radius 2 is 2.00 bits per heavy atom. The van der Waals surface area contributed by atoms with Crippen LogP contribution in [0.25, 0.3) is 0 Å². The Kier molecular flexibility index (Phi) is 4.13. The first-order valence-corrected chi connectivity index (χ1v) is 3.50. The van der Waals surface area contributed by atoms with Crippen molar-refractivity contribution in [1.29, 1.82) is 0 Å². The van der Waals surface area contributed by atoms with Gasteiger partial charge in [-0.2, -0.15) is 13.2 Å². The molecule has 0 aromatic carbocycles. The van der Waals surface area contributed by atoms with Crippen LogP contribution in [0.3, 0.4) is 0 Å². The molecule has 80 valence electrons. The maximum absolute atomic E-state index is 11.7. The summed E-state index contributed by atoms with van der Waals surface area (Å²) >= 11 is 0. The number of alkyl halides is 3. The highest BCUT2D eigenvalue weighted by atomic mass is 19.4. The first-order chi connectivity index (χ1) is 6.29. The molecule has 14 heavy (non-hydrogen) atoms. The maximum Gasteiger partial charge on any atom is 0.471 e. The number of carboxylic acid groups (broad SMARTS) is 1. The normalized spacial score (nSPS) is 13.1. The molecule has 2 N–H and O–H groups in total. The van der Waals surface area contributed by atoms with Gasteiger partial charge in [0.1, 0.15) is 6.04 Å². The molecule has 0 fully saturated rings. The number of halogens is 3. The molecular formula is C7H8F3NO3. The molecule has 0 spiro atoms. The largest absolute Gasteiger partial charge is 0.480 e. The minimum Gasteiger partial charge on any atom is -0.480 e. The second-order valence-electron chi connectivity index (χ2n) is 2.39. The van der Waals surface area contributed by atoms with Crippen LogP contribution in [-0.2, 0) is 9.59 Å². The molecule has 0 rings (SSSR count). The first kappa shape index (κ1) is 12.5. The van der Waals surface area contributed by atoms with Crippen molar-refractivity contribution in [3.63, 3.8) is 0 Å². The molecular weight excluding hydrogens is 203 g/mol. The summed E-state index contributed by atoms with van der Waals surface area (Å²) in [6.45, 7) is 3.16. The second kappa shape index (κ2) is 4.64. The number of amides is 1. The molecule has 1 atom stereocenters. The zero-order valence-corrected chi connectivity index (χ0v) is 6.97. The van der Waals surface area contributed by atoms with Crippen molar-refractivity contribution < 1.29 is 27.9 Å². The lowest BCUT2D eigenvalue weighted by Gasteiger charge is -2.13. The van der Waals surface area contributed by atoms with Crippen LogP contribution < -0.4 is 5.32 Å². The fourth-order valence-electron chi connectivity index (χ4n) is 0.628.